The molecule has 0 saturated carbocycles. The third-order valence-electron chi connectivity index (χ3n) is 6.02. The van der Waals surface area contributed by atoms with Crippen LogP contribution in [0.2, 0.25) is 0 Å². The van der Waals surface area contributed by atoms with Crippen LogP contribution in [0.3, 0.4) is 0 Å². The lowest BCUT2D eigenvalue weighted by Gasteiger charge is -2.23. The number of carbonyl (C=O) groups is 2. The smallest absolute Gasteiger partial charge is 0.254 e. The van der Waals surface area contributed by atoms with Gasteiger partial charge in [-0.1, -0.05) is 52.8 Å². The summed E-state index contributed by atoms with van der Waals surface area (Å²) in [7, 11) is 1.59. The van der Waals surface area contributed by atoms with E-state index in [1.54, 1.807) is 41.0 Å². The molecule has 0 unspecified atom stereocenters. The minimum absolute atomic E-state index is 0.0542. The third-order valence-corrected chi connectivity index (χ3v) is 6.02. The molecule has 7 heteroatoms. The van der Waals surface area contributed by atoms with Gasteiger partial charge in [-0.2, -0.15) is 5.10 Å². The number of carbonyl (C=O) groups excluding carboxylic acids is 2. The summed E-state index contributed by atoms with van der Waals surface area (Å²) < 4.78 is 6.98. The van der Waals surface area contributed by atoms with Crippen molar-refractivity contribution in [3.05, 3.63) is 71.4 Å². The van der Waals surface area contributed by atoms with Crippen molar-refractivity contribution in [2.75, 3.05) is 25.5 Å². The molecule has 0 bridgehead atoms. The zero-order valence-electron chi connectivity index (χ0n) is 22.5. The van der Waals surface area contributed by atoms with Crippen LogP contribution < -0.4 is 10.1 Å². The summed E-state index contributed by atoms with van der Waals surface area (Å²) >= 11 is 0. The lowest BCUT2D eigenvalue weighted by Crippen LogP contribution is -2.39. The Morgan fingerprint density at radius 2 is 1.75 bits per heavy atom. The Hall–Kier alpha value is -3.61. The number of methoxy groups -OCH3 is 1. The van der Waals surface area contributed by atoms with E-state index in [1.807, 2.05) is 37.3 Å². The van der Waals surface area contributed by atoms with E-state index in [0.717, 1.165) is 23.4 Å². The molecule has 0 saturated heterocycles. The standard InChI is InChI=1S/C29H38N4O3/c1-20(2)16-17-32(28(35)22-12-14-23(36-7)15-13-22)19-27(34)30-26-18-25(29(4,5)6)31-33(26)24-11-9-8-10-21(24)3/h8-15,18,20H,16-17,19H2,1-7H3,(H,30,34). The highest BCUT2D eigenvalue weighted by Crippen LogP contribution is 2.27. The van der Waals surface area contributed by atoms with Crippen molar-refractivity contribution in [3.63, 3.8) is 0 Å². The maximum absolute atomic E-state index is 13.3. The Labute approximate surface area is 214 Å². The number of hydrogen-bond donors (Lipinski definition) is 1. The van der Waals surface area contributed by atoms with E-state index in [0.29, 0.717) is 29.6 Å². The Balaban J connectivity index is 1.86. The van der Waals surface area contributed by atoms with Gasteiger partial charge in [0, 0.05) is 23.6 Å². The first kappa shape index (κ1) is 27.0. The number of nitrogens with zero attached hydrogens (tertiary/aromatic N) is 3. The quantitative estimate of drug-likeness (QED) is 0.423. The van der Waals surface area contributed by atoms with Gasteiger partial charge in [-0.3, -0.25) is 9.59 Å². The third kappa shape index (κ3) is 6.74. The fourth-order valence-electron chi connectivity index (χ4n) is 3.76. The Kier molecular flexibility index (Phi) is 8.56. The maximum Gasteiger partial charge on any atom is 0.254 e. The van der Waals surface area contributed by atoms with E-state index >= 15 is 0 Å². The van der Waals surface area contributed by atoms with Gasteiger partial charge >= 0.3 is 0 Å². The van der Waals surface area contributed by atoms with Crippen LogP contribution in [0.15, 0.2) is 54.6 Å². The summed E-state index contributed by atoms with van der Waals surface area (Å²) in [6.45, 7) is 12.9. The maximum atomic E-state index is 13.3. The number of benzene rings is 2. The molecule has 0 spiro atoms. The predicted molar refractivity (Wildman–Crippen MR) is 144 cm³/mol. The molecule has 36 heavy (non-hydrogen) atoms. The van der Waals surface area contributed by atoms with Gasteiger partial charge in [-0.25, -0.2) is 4.68 Å². The van der Waals surface area contributed by atoms with Crippen LogP contribution in [0.1, 0.15) is 62.7 Å². The number of anilines is 1. The number of hydrogen-bond acceptors (Lipinski definition) is 4. The minimum Gasteiger partial charge on any atom is -0.497 e. The molecule has 1 N–H and O–H groups in total. The second-order valence-corrected chi connectivity index (χ2v) is 10.5. The van der Waals surface area contributed by atoms with Crippen molar-refractivity contribution >= 4 is 17.6 Å². The van der Waals surface area contributed by atoms with Gasteiger partial charge in [0.05, 0.1) is 18.5 Å². The number of amides is 2. The van der Waals surface area contributed by atoms with Gasteiger partial charge in [-0.15, -0.1) is 0 Å². The summed E-state index contributed by atoms with van der Waals surface area (Å²) in [6, 6.07) is 16.8. The minimum atomic E-state index is -0.268. The Bertz CT molecular complexity index is 1190. The van der Waals surface area contributed by atoms with Crippen LogP contribution in [-0.4, -0.2) is 46.7 Å². The molecule has 0 radical (unpaired) electrons. The molecule has 7 nitrogen and oxygen atoms in total. The van der Waals surface area contributed by atoms with Crippen LogP contribution in [-0.2, 0) is 10.2 Å². The van der Waals surface area contributed by atoms with Crippen molar-refractivity contribution in [2.24, 2.45) is 5.92 Å². The highest BCUT2D eigenvalue weighted by Gasteiger charge is 2.24. The molecule has 0 aliphatic carbocycles. The molecule has 192 valence electrons. The van der Waals surface area contributed by atoms with Gasteiger partial charge < -0.3 is 15.0 Å². The molecule has 0 fully saturated rings. The zero-order chi connectivity index (χ0) is 26.5. The number of nitrogens with one attached hydrogen (secondary N) is 1. The first-order chi connectivity index (χ1) is 17.0. The average molecular weight is 491 g/mol. The lowest BCUT2D eigenvalue weighted by molar-refractivity contribution is -0.117. The monoisotopic (exact) mass is 490 g/mol. The zero-order valence-corrected chi connectivity index (χ0v) is 22.5. The van der Waals surface area contributed by atoms with Crippen LogP contribution in [0.4, 0.5) is 5.82 Å². The van der Waals surface area contributed by atoms with E-state index in [2.05, 4.69) is 39.9 Å². The molecule has 2 aromatic carbocycles. The first-order valence-corrected chi connectivity index (χ1v) is 12.4. The van der Waals surface area contributed by atoms with Gasteiger partial charge in [0.1, 0.15) is 18.1 Å². The summed E-state index contributed by atoms with van der Waals surface area (Å²) in [4.78, 5) is 28.2. The van der Waals surface area contributed by atoms with Gasteiger partial charge in [0.2, 0.25) is 5.91 Å². The number of aromatic nitrogens is 2. The van der Waals surface area contributed by atoms with Gasteiger partial charge in [-0.05, 0) is 55.2 Å². The SMILES string of the molecule is COc1ccc(C(=O)N(CCC(C)C)CC(=O)Nc2cc(C(C)(C)C)nn2-c2ccccc2C)cc1. The molecular weight excluding hydrogens is 452 g/mol. The molecule has 2 amide bonds. The van der Waals surface area contributed by atoms with Crippen molar-refractivity contribution in [1.29, 1.82) is 0 Å². The normalized spacial score (nSPS) is 11.4. The number of para-hydroxylation sites is 1. The largest absolute Gasteiger partial charge is 0.497 e. The van der Waals surface area contributed by atoms with Crippen LogP contribution in [0, 0.1) is 12.8 Å². The summed E-state index contributed by atoms with van der Waals surface area (Å²) in [6.07, 6.45) is 0.796. The van der Waals surface area contributed by atoms with Crippen molar-refractivity contribution < 1.29 is 14.3 Å². The molecule has 3 aromatic rings. The van der Waals surface area contributed by atoms with E-state index < -0.39 is 0 Å². The molecule has 0 aliphatic rings. The van der Waals surface area contributed by atoms with Crippen molar-refractivity contribution in [2.45, 2.75) is 53.4 Å². The number of rotatable bonds is 9. The summed E-state index contributed by atoms with van der Waals surface area (Å²) in [5.41, 5.74) is 3.14. The van der Waals surface area contributed by atoms with E-state index in [9.17, 15) is 9.59 Å². The fourth-order valence-corrected chi connectivity index (χ4v) is 3.76. The fraction of sp³-hybridized carbons (Fsp3) is 0.414. The van der Waals surface area contributed by atoms with Gasteiger partial charge in [0.15, 0.2) is 0 Å². The van der Waals surface area contributed by atoms with Crippen LogP contribution in [0.5, 0.6) is 5.75 Å². The molecular formula is C29H38N4O3. The highest BCUT2D eigenvalue weighted by atomic mass is 16.5. The Morgan fingerprint density at radius 1 is 1.08 bits per heavy atom. The van der Waals surface area contributed by atoms with Crippen molar-refractivity contribution in [1.82, 2.24) is 14.7 Å². The second kappa shape index (κ2) is 11.4. The molecule has 0 atom stereocenters. The molecule has 0 aliphatic heterocycles. The average Bonchev–Trinajstić information content (AvgIpc) is 3.25. The summed E-state index contributed by atoms with van der Waals surface area (Å²) in [5, 5.41) is 7.83. The predicted octanol–water partition coefficient (Wildman–Crippen LogP) is 5.61. The van der Waals surface area contributed by atoms with E-state index in [4.69, 9.17) is 9.84 Å². The molecule has 3 rings (SSSR count). The number of aryl methyl sites for hydroxylation is 1. The van der Waals surface area contributed by atoms with E-state index in [1.165, 1.54) is 0 Å². The van der Waals surface area contributed by atoms with Crippen LogP contribution in [0.25, 0.3) is 5.69 Å². The summed E-state index contributed by atoms with van der Waals surface area (Å²) in [5.74, 6) is 1.21. The molecule has 1 heterocycles. The van der Waals surface area contributed by atoms with Gasteiger partial charge in [0.25, 0.3) is 5.91 Å². The topological polar surface area (TPSA) is 76.5 Å². The van der Waals surface area contributed by atoms with Crippen LogP contribution >= 0.6 is 0 Å². The van der Waals surface area contributed by atoms with E-state index in [-0.39, 0.29) is 23.8 Å². The number of ether oxygens (including phenoxy) is 1. The highest BCUT2D eigenvalue weighted by molar-refractivity contribution is 5.99. The lowest BCUT2D eigenvalue weighted by atomic mass is 9.92. The Morgan fingerprint density at radius 3 is 2.33 bits per heavy atom. The molecule has 1 aromatic heterocycles. The second-order valence-electron chi connectivity index (χ2n) is 10.5. The van der Waals surface area contributed by atoms with Crippen molar-refractivity contribution in [3.8, 4) is 11.4 Å². The first-order valence-electron chi connectivity index (χ1n) is 12.4.